The van der Waals surface area contributed by atoms with E-state index in [1.807, 2.05) is 0 Å². The minimum Gasteiger partial charge on any atom is -0.290 e. The number of rotatable bonds is 0. The molecular formula is C3H2ClNO3S. The zero-order valence-electron chi connectivity index (χ0n) is 4.11. The number of hydrogen-bond donors (Lipinski definition) is 0. The first-order chi connectivity index (χ1) is 4.04. The second-order valence-electron chi connectivity index (χ2n) is 1.47. The van der Waals surface area contributed by atoms with Crippen LogP contribution >= 0.6 is 11.6 Å². The Hall–Kier alpha value is -0.420. The zero-order chi connectivity index (χ0) is 7.07. The van der Waals surface area contributed by atoms with Gasteiger partial charge in [-0.1, -0.05) is 11.6 Å². The van der Waals surface area contributed by atoms with Gasteiger partial charge in [-0.2, -0.15) is 4.40 Å². The minimum atomic E-state index is -3.69. The van der Waals surface area contributed by atoms with Crippen molar-refractivity contribution >= 4 is 33.6 Å². The van der Waals surface area contributed by atoms with E-state index in [2.05, 4.69) is 4.40 Å². The number of Topliss-reactive ketones (excluding diaryl/α,β-unsaturated/α-hetero) is 1. The molecule has 1 rings (SSSR count). The van der Waals surface area contributed by atoms with E-state index in [4.69, 9.17) is 11.6 Å². The summed E-state index contributed by atoms with van der Waals surface area (Å²) in [5, 5.41) is 0. The number of carbonyl (C=O) groups excluding carboxylic acids is 1. The molecule has 4 nitrogen and oxygen atoms in total. The van der Waals surface area contributed by atoms with E-state index in [0.717, 1.165) is 0 Å². The fourth-order valence-electron chi connectivity index (χ4n) is 0.384. The first kappa shape index (κ1) is 6.70. The summed E-state index contributed by atoms with van der Waals surface area (Å²) >= 11 is 5.09. The van der Waals surface area contributed by atoms with Crippen molar-refractivity contribution in [1.29, 1.82) is 0 Å². The van der Waals surface area contributed by atoms with E-state index >= 15 is 0 Å². The van der Waals surface area contributed by atoms with Gasteiger partial charge in [-0.05, 0) is 0 Å². The molecule has 0 saturated carbocycles. The smallest absolute Gasteiger partial charge is 0.277 e. The number of nitrogens with zero attached hydrogens (tertiary/aromatic N) is 1. The molecule has 0 spiro atoms. The van der Waals surface area contributed by atoms with Crippen molar-refractivity contribution in [3.05, 3.63) is 0 Å². The average Bonchev–Trinajstić information content (AvgIpc) is 1.97. The topological polar surface area (TPSA) is 63.6 Å². The summed E-state index contributed by atoms with van der Waals surface area (Å²) in [6.07, 6.45) is 0.715. The Morgan fingerprint density at radius 1 is 1.67 bits per heavy atom. The summed E-state index contributed by atoms with van der Waals surface area (Å²) < 4.78 is 22.2. The van der Waals surface area contributed by atoms with Crippen molar-refractivity contribution in [2.75, 3.05) is 0 Å². The molecule has 0 amide bonds. The molecule has 1 atom stereocenters. The van der Waals surface area contributed by atoms with Gasteiger partial charge in [-0.25, -0.2) is 8.42 Å². The van der Waals surface area contributed by atoms with Gasteiger partial charge in [-0.3, -0.25) is 4.79 Å². The molecule has 0 aliphatic carbocycles. The third-order valence-electron chi connectivity index (χ3n) is 0.812. The zero-order valence-corrected chi connectivity index (χ0v) is 5.69. The molecule has 1 unspecified atom stereocenters. The van der Waals surface area contributed by atoms with E-state index in [1.165, 1.54) is 0 Å². The van der Waals surface area contributed by atoms with Gasteiger partial charge in [0.15, 0.2) is 0 Å². The van der Waals surface area contributed by atoms with Crippen LogP contribution in [0.15, 0.2) is 4.40 Å². The monoisotopic (exact) mass is 167 g/mol. The SMILES string of the molecule is O=C1C=NS(=O)(=O)C1Cl. The van der Waals surface area contributed by atoms with Crippen LogP contribution < -0.4 is 0 Å². The van der Waals surface area contributed by atoms with Crippen LogP contribution in [0, 0.1) is 0 Å². The lowest BCUT2D eigenvalue weighted by Gasteiger charge is -1.90. The Balaban J connectivity index is 3.15. The number of carbonyl (C=O) groups is 1. The Morgan fingerprint density at radius 2 is 2.22 bits per heavy atom. The number of ketones is 1. The third kappa shape index (κ3) is 0.972. The Bertz CT molecular complexity index is 267. The van der Waals surface area contributed by atoms with Crippen LogP contribution in [0.25, 0.3) is 0 Å². The third-order valence-corrected chi connectivity index (χ3v) is 2.86. The second-order valence-corrected chi connectivity index (χ2v) is 3.88. The first-order valence-electron chi connectivity index (χ1n) is 2.01. The number of alkyl halides is 1. The van der Waals surface area contributed by atoms with E-state index in [1.54, 1.807) is 0 Å². The first-order valence-corrected chi connectivity index (χ1v) is 3.95. The van der Waals surface area contributed by atoms with Crippen LogP contribution in [0.2, 0.25) is 0 Å². The molecule has 1 aliphatic heterocycles. The highest BCUT2D eigenvalue weighted by Gasteiger charge is 2.33. The molecule has 1 aliphatic rings. The molecule has 1 heterocycles. The van der Waals surface area contributed by atoms with Crippen LogP contribution in [0.5, 0.6) is 0 Å². The predicted molar refractivity (Wildman–Crippen MR) is 32.1 cm³/mol. The van der Waals surface area contributed by atoms with Crippen LogP contribution in [0.3, 0.4) is 0 Å². The lowest BCUT2D eigenvalue weighted by molar-refractivity contribution is -0.110. The number of halogens is 1. The van der Waals surface area contributed by atoms with Gasteiger partial charge >= 0.3 is 0 Å². The molecule has 9 heavy (non-hydrogen) atoms. The molecule has 0 fully saturated rings. The van der Waals surface area contributed by atoms with Gasteiger partial charge < -0.3 is 0 Å². The highest BCUT2D eigenvalue weighted by Crippen LogP contribution is 2.13. The van der Waals surface area contributed by atoms with Crippen molar-refractivity contribution in [2.45, 2.75) is 4.71 Å². The Labute approximate surface area is 56.6 Å². The highest BCUT2D eigenvalue weighted by molar-refractivity contribution is 7.93. The van der Waals surface area contributed by atoms with E-state index in [0.29, 0.717) is 6.21 Å². The maximum Gasteiger partial charge on any atom is 0.277 e. The van der Waals surface area contributed by atoms with Crippen molar-refractivity contribution in [3.63, 3.8) is 0 Å². The molecule has 0 radical (unpaired) electrons. The van der Waals surface area contributed by atoms with Gasteiger partial charge in [0.1, 0.15) is 0 Å². The number of hydrogen-bond acceptors (Lipinski definition) is 3. The normalized spacial score (nSPS) is 31.2. The summed E-state index contributed by atoms with van der Waals surface area (Å²) in [7, 11) is -3.69. The summed E-state index contributed by atoms with van der Waals surface area (Å²) in [6, 6.07) is 0. The lowest BCUT2D eigenvalue weighted by atomic mass is 10.5. The quantitative estimate of drug-likeness (QED) is 0.459. The van der Waals surface area contributed by atoms with Gasteiger partial charge in [0.25, 0.3) is 10.0 Å². The average molecular weight is 168 g/mol. The van der Waals surface area contributed by atoms with Gasteiger partial charge in [0.2, 0.25) is 10.5 Å². The molecule has 0 aromatic heterocycles. The van der Waals surface area contributed by atoms with Crippen molar-refractivity contribution < 1.29 is 13.2 Å². The van der Waals surface area contributed by atoms with Crippen LogP contribution in [-0.2, 0) is 14.8 Å². The van der Waals surface area contributed by atoms with Crippen molar-refractivity contribution in [3.8, 4) is 0 Å². The van der Waals surface area contributed by atoms with Crippen molar-refractivity contribution in [1.82, 2.24) is 0 Å². The highest BCUT2D eigenvalue weighted by atomic mass is 35.5. The molecule has 0 saturated heterocycles. The van der Waals surface area contributed by atoms with E-state index < -0.39 is 20.5 Å². The molecule has 0 N–H and O–H groups in total. The lowest BCUT2D eigenvalue weighted by Crippen LogP contribution is -2.15. The molecule has 0 bridgehead atoms. The molecule has 0 aromatic carbocycles. The second kappa shape index (κ2) is 1.78. The maximum atomic E-state index is 10.4. The summed E-state index contributed by atoms with van der Waals surface area (Å²) in [6.45, 7) is 0. The minimum absolute atomic E-state index is 0.670. The predicted octanol–water partition coefficient (Wildman–Crippen LogP) is -0.465. The molecule has 6 heteroatoms. The summed E-state index contributed by atoms with van der Waals surface area (Å²) in [4.78, 5) is 10.3. The summed E-state index contributed by atoms with van der Waals surface area (Å²) in [5.74, 6) is -0.670. The van der Waals surface area contributed by atoms with Gasteiger partial charge in [0, 0.05) is 0 Å². The van der Waals surface area contributed by atoms with Gasteiger partial charge in [0.05, 0.1) is 6.21 Å². The van der Waals surface area contributed by atoms with Crippen LogP contribution in [-0.4, -0.2) is 25.1 Å². The number of sulfonamides is 1. The largest absolute Gasteiger partial charge is 0.290 e. The fourth-order valence-corrected chi connectivity index (χ4v) is 1.29. The van der Waals surface area contributed by atoms with Crippen LogP contribution in [0.1, 0.15) is 0 Å². The molecular weight excluding hydrogens is 166 g/mol. The standard InChI is InChI=1S/C3H2ClNO3S/c4-3-2(6)1-5-9(3,7)8/h1,3H. The van der Waals surface area contributed by atoms with E-state index in [9.17, 15) is 13.2 Å². The van der Waals surface area contributed by atoms with E-state index in [-0.39, 0.29) is 0 Å². The molecule has 0 aromatic rings. The fraction of sp³-hybridized carbons (Fsp3) is 0.333. The van der Waals surface area contributed by atoms with Gasteiger partial charge in [-0.15, -0.1) is 0 Å². The Morgan fingerprint density at radius 3 is 2.33 bits per heavy atom. The summed E-state index contributed by atoms with van der Waals surface area (Å²) in [5.41, 5.74) is 0. The van der Waals surface area contributed by atoms with Crippen molar-refractivity contribution in [2.24, 2.45) is 4.40 Å². The maximum absolute atomic E-state index is 10.4. The molecule has 50 valence electrons. The van der Waals surface area contributed by atoms with Crippen LogP contribution in [0.4, 0.5) is 0 Å². The Kier molecular flexibility index (Phi) is 1.32.